The number of hydrogen-bond acceptors (Lipinski definition) is 6. The molecule has 3 rings (SSSR count). The first-order chi connectivity index (χ1) is 10.7. The molecule has 1 aliphatic heterocycles. The van der Waals surface area contributed by atoms with E-state index in [1.54, 1.807) is 17.7 Å². The Hall–Kier alpha value is -2.74. The van der Waals surface area contributed by atoms with Crippen LogP contribution in [0.15, 0.2) is 42.0 Å². The van der Waals surface area contributed by atoms with E-state index in [1.807, 2.05) is 18.2 Å². The maximum absolute atomic E-state index is 11.4. The van der Waals surface area contributed by atoms with Crippen LogP contribution in [-0.4, -0.2) is 45.3 Å². The van der Waals surface area contributed by atoms with Crippen LogP contribution in [0.1, 0.15) is 11.4 Å². The number of aromatic nitrogens is 3. The third kappa shape index (κ3) is 3.12. The van der Waals surface area contributed by atoms with Crippen molar-refractivity contribution in [3.63, 3.8) is 0 Å². The second kappa shape index (κ2) is 6.35. The summed E-state index contributed by atoms with van der Waals surface area (Å²) < 4.78 is 0. The molecule has 2 aromatic heterocycles. The normalized spacial score (nSPS) is 18.5. The molecular formula is C14H16N6O2. The van der Waals surface area contributed by atoms with E-state index in [-0.39, 0.29) is 6.04 Å². The zero-order valence-electron chi connectivity index (χ0n) is 11.8. The quantitative estimate of drug-likeness (QED) is 0.540. The maximum atomic E-state index is 11.4. The number of aliphatic carboxylic acids is 1. The molecule has 8 nitrogen and oxygen atoms in total. The Morgan fingerprint density at radius 2 is 2.41 bits per heavy atom. The number of quaternary nitrogens is 1. The highest BCUT2D eigenvalue weighted by Crippen LogP contribution is 2.04. The second-order valence-corrected chi connectivity index (χ2v) is 5.08. The summed E-state index contributed by atoms with van der Waals surface area (Å²) in [5, 5.41) is 17.4. The first-order valence-corrected chi connectivity index (χ1v) is 6.99. The van der Waals surface area contributed by atoms with Gasteiger partial charge in [0, 0.05) is 24.5 Å². The molecule has 0 fully saturated rings. The van der Waals surface area contributed by atoms with E-state index in [1.165, 1.54) is 6.33 Å². The van der Waals surface area contributed by atoms with Crippen molar-refractivity contribution in [2.24, 2.45) is 5.10 Å². The minimum Gasteiger partial charge on any atom is -0.544 e. The minimum absolute atomic E-state index is 0.124. The Morgan fingerprint density at radius 3 is 3.09 bits per heavy atom. The van der Waals surface area contributed by atoms with Gasteiger partial charge < -0.3 is 25.6 Å². The standard InChI is InChI=1S/C14H16N6O2/c21-14(22)11(5-9-6-15-8-17-9)19-12-7-18-20-13(12)10-3-1-2-4-16-10/h1-4,6,8,11-12,18-19H,5,7H2,(H,15,17)(H,21,22)/t11-,12+/m1/s1. The number of carbonyl (C=O) groups is 1. The molecule has 0 unspecified atom stereocenters. The van der Waals surface area contributed by atoms with Crippen molar-refractivity contribution in [1.29, 1.82) is 0 Å². The molecule has 0 aromatic carbocycles. The van der Waals surface area contributed by atoms with Gasteiger partial charge in [-0.3, -0.25) is 4.98 Å². The summed E-state index contributed by atoms with van der Waals surface area (Å²) in [7, 11) is 0. The molecule has 0 saturated heterocycles. The number of rotatable bonds is 6. The maximum Gasteiger partial charge on any atom is 0.152 e. The smallest absolute Gasteiger partial charge is 0.152 e. The third-order valence-corrected chi connectivity index (χ3v) is 3.55. The topological polar surface area (TPSA) is 123 Å². The van der Waals surface area contributed by atoms with E-state index in [4.69, 9.17) is 0 Å². The molecule has 2 atom stereocenters. The van der Waals surface area contributed by atoms with E-state index >= 15 is 0 Å². The van der Waals surface area contributed by atoms with E-state index in [0.717, 1.165) is 17.1 Å². The fourth-order valence-corrected chi connectivity index (χ4v) is 2.47. The second-order valence-electron chi connectivity index (χ2n) is 5.08. The molecule has 1 aliphatic rings. The van der Waals surface area contributed by atoms with Crippen molar-refractivity contribution in [2.75, 3.05) is 6.54 Å². The van der Waals surface area contributed by atoms with Crippen LogP contribution in [0.4, 0.5) is 0 Å². The van der Waals surface area contributed by atoms with Crippen molar-refractivity contribution in [3.05, 3.63) is 48.3 Å². The van der Waals surface area contributed by atoms with Crippen molar-refractivity contribution in [3.8, 4) is 0 Å². The molecule has 0 radical (unpaired) electrons. The number of carboxylic acids is 1. The van der Waals surface area contributed by atoms with Gasteiger partial charge in [-0.05, 0) is 12.1 Å². The Morgan fingerprint density at radius 1 is 1.50 bits per heavy atom. The van der Waals surface area contributed by atoms with Crippen molar-refractivity contribution in [2.45, 2.75) is 18.5 Å². The number of imidazole rings is 1. The van der Waals surface area contributed by atoms with Gasteiger partial charge in [-0.25, -0.2) is 4.98 Å². The highest BCUT2D eigenvalue weighted by molar-refractivity contribution is 6.02. The van der Waals surface area contributed by atoms with Crippen LogP contribution in [-0.2, 0) is 11.2 Å². The lowest BCUT2D eigenvalue weighted by Gasteiger charge is -2.20. The number of hydrazone groups is 1. The van der Waals surface area contributed by atoms with E-state index in [0.29, 0.717) is 13.0 Å². The van der Waals surface area contributed by atoms with E-state index in [2.05, 4.69) is 25.5 Å². The number of nitrogens with one attached hydrogen (secondary N) is 2. The molecule has 8 heteroatoms. The fraction of sp³-hybridized carbons (Fsp3) is 0.286. The number of aromatic amines is 1. The lowest BCUT2D eigenvalue weighted by molar-refractivity contribution is -0.698. The van der Waals surface area contributed by atoms with Gasteiger partial charge in [-0.2, -0.15) is 5.10 Å². The Kier molecular flexibility index (Phi) is 4.10. The van der Waals surface area contributed by atoms with Crippen LogP contribution in [0.3, 0.4) is 0 Å². The van der Waals surface area contributed by atoms with Crippen LogP contribution in [0, 0.1) is 0 Å². The largest absolute Gasteiger partial charge is 0.544 e. The van der Waals surface area contributed by atoms with Crippen LogP contribution >= 0.6 is 0 Å². The lowest BCUT2D eigenvalue weighted by atomic mass is 10.1. The average molecular weight is 300 g/mol. The molecule has 114 valence electrons. The van der Waals surface area contributed by atoms with Gasteiger partial charge in [-0.15, -0.1) is 0 Å². The molecule has 0 aliphatic carbocycles. The number of nitrogens with two attached hydrogens (primary N) is 1. The summed E-state index contributed by atoms with van der Waals surface area (Å²) in [5.74, 6) is -1.11. The number of carboxylic acid groups (broad SMARTS) is 1. The summed E-state index contributed by atoms with van der Waals surface area (Å²) in [6, 6.07) is 4.71. The molecule has 4 N–H and O–H groups in total. The summed E-state index contributed by atoms with van der Waals surface area (Å²) in [4.78, 5) is 22.5. The SMILES string of the molecule is O=C([O-])[C@@H](Cc1cnc[nH]1)[NH2+][C@H]1CNN=C1c1ccccn1. The Balaban J connectivity index is 1.72. The van der Waals surface area contributed by atoms with Crippen LogP contribution in [0.2, 0.25) is 0 Å². The van der Waals surface area contributed by atoms with Gasteiger partial charge in [0.2, 0.25) is 0 Å². The highest BCUT2D eigenvalue weighted by atomic mass is 16.4. The lowest BCUT2D eigenvalue weighted by Crippen LogP contribution is -3.00. The Bertz CT molecular complexity index is 655. The van der Waals surface area contributed by atoms with Gasteiger partial charge in [0.15, 0.2) is 6.04 Å². The van der Waals surface area contributed by atoms with Crippen molar-refractivity contribution in [1.82, 2.24) is 20.4 Å². The predicted octanol–water partition coefficient (Wildman–Crippen LogP) is -2.59. The van der Waals surface area contributed by atoms with Crippen molar-refractivity contribution < 1.29 is 15.2 Å². The van der Waals surface area contributed by atoms with Gasteiger partial charge in [0.05, 0.1) is 24.5 Å². The average Bonchev–Trinajstić information content (AvgIpc) is 3.19. The number of hydrogen-bond donors (Lipinski definition) is 3. The van der Waals surface area contributed by atoms with Crippen LogP contribution < -0.4 is 15.8 Å². The highest BCUT2D eigenvalue weighted by Gasteiger charge is 2.30. The van der Waals surface area contributed by atoms with Crippen LogP contribution in [0.5, 0.6) is 0 Å². The van der Waals surface area contributed by atoms with Gasteiger partial charge in [0.25, 0.3) is 0 Å². The van der Waals surface area contributed by atoms with Crippen LogP contribution in [0.25, 0.3) is 0 Å². The number of nitrogens with zero attached hydrogens (tertiary/aromatic N) is 3. The zero-order chi connectivity index (χ0) is 15.4. The summed E-state index contributed by atoms with van der Waals surface area (Å²) in [6.07, 6.45) is 5.15. The van der Waals surface area contributed by atoms with Gasteiger partial charge >= 0.3 is 0 Å². The molecule has 0 spiro atoms. The molecule has 0 bridgehead atoms. The fourth-order valence-electron chi connectivity index (χ4n) is 2.47. The number of H-pyrrole nitrogens is 1. The predicted molar refractivity (Wildman–Crippen MR) is 75.6 cm³/mol. The minimum atomic E-state index is -1.11. The summed E-state index contributed by atoms with van der Waals surface area (Å²) in [5.41, 5.74) is 5.15. The zero-order valence-corrected chi connectivity index (χ0v) is 11.8. The first-order valence-electron chi connectivity index (χ1n) is 6.99. The summed E-state index contributed by atoms with van der Waals surface area (Å²) >= 11 is 0. The molecular weight excluding hydrogens is 284 g/mol. The van der Waals surface area contributed by atoms with Crippen molar-refractivity contribution >= 4 is 11.7 Å². The number of carbonyl (C=O) groups excluding carboxylic acids is 1. The van der Waals surface area contributed by atoms with Gasteiger partial charge in [-0.1, -0.05) is 6.07 Å². The Labute approximate surface area is 126 Å². The van der Waals surface area contributed by atoms with Gasteiger partial charge in [0.1, 0.15) is 11.8 Å². The third-order valence-electron chi connectivity index (χ3n) is 3.55. The monoisotopic (exact) mass is 300 g/mol. The number of pyridine rings is 1. The summed E-state index contributed by atoms with van der Waals surface area (Å²) in [6.45, 7) is 0.554. The molecule has 2 aromatic rings. The molecule has 0 saturated carbocycles. The van der Waals surface area contributed by atoms with E-state index in [9.17, 15) is 9.90 Å². The molecule has 0 amide bonds. The molecule has 22 heavy (non-hydrogen) atoms. The first kappa shape index (κ1) is 14.2. The van der Waals surface area contributed by atoms with E-state index < -0.39 is 12.0 Å². The molecule has 3 heterocycles.